The van der Waals surface area contributed by atoms with Crippen LogP contribution in [-0.2, 0) is 31.9 Å². The van der Waals surface area contributed by atoms with Crippen LogP contribution in [0.25, 0.3) is 0 Å². The molecule has 0 aliphatic rings. The first kappa shape index (κ1) is 27.6. The largest absolute Gasteiger partial charge is 0.466 e. The van der Waals surface area contributed by atoms with E-state index < -0.39 is 5.92 Å². The van der Waals surface area contributed by atoms with Crippen molar-refractivity contribution in [3.8, 4) is 0 Å². The van der Waals surface area contributed by atoms with Crippen molar-refractivity contribution in [2.24, 2.45) is 0 Å². The summed E-state index contributed by atoms with van der Waals surface area (Å²) in [5.41, 5.74) is 6.53. The zero-order valence-electron chi connectivity index (χ0n) is 21.8. The highest BCUT2D eigenvalue weighted by Crippen LogP contribution is 2.38. The molecule has 196 valence electrons. The van der Waals surface area contributed by atoms with E-state index in [1.54, 1.807) is 13.8 Å². The van der Waals surface area contributed by atoms with Gasteiger partial charge in [0, 0.05) is 24.2 Å². The molecule has 2 N–H and O–H groups in total. The number of nitrogens with one attached hydrogen (secondary N) is 2. The summed E-state index contributed by atoms with van der Waals surface area (Å²) in [6.07, 6.45) is 2.63. The Labute approximate surface area is 216 Å². The van der Waals surface area contributed by atoms with Crippen LogP contribution in [0.15, 0.2) is 30.3 Å². The van der Waals surface area contributed by atoms with Crippen LogP contribution in [0.1, 0.15) is 92.8 Å². The van der Waals surface area contributed by atoms with E-state index in [1.807, 2.05) is 44.2 Å². The van der Waals surface area contributed by atoms with Gasteiger partial charge < -0.3 is 19.4 Å². The molecule has 2 heterocycles. The second kappa shape index (κ2) is 12.9. The fourth-order valence-corrected chi connectivity index (χ4v) is 4.77. The molecule has 37 heavy (non-hydrogen) atoms. The molecule has 0 spiro atoms. The SMILES string of the molecule is CCOC(=O)CCc1c(C(c2ccccc2)c2[nH]c(C=O)c(C)c2CCC(=O)OCC)[nH]c(C=O)c1C. The van der Waals surface area contributed by atoms with Crippen LogP contribution in [0.3, 0.4) is 0 Å². The van der Waals surface area contributed by atoms with E-state index in [1.165, 1.54) is 0 Å². The van der Waals surface area contributed by atoms with Crippen molar-refractivity contribution in [3.05, 3.63) is 80.9 Å². The van der Waals surface area contributed by atoms with Crippen LogP contribution >= 0.6 is 0 Å². The maximum Gasteiger partial charge on any atom is 0.306 e. The summed E-state index contributed by atoms with van der Waals surface area (Å²) in [6.45, 7) is 7.82. The molecule has 0 saturated carbocycles. The second-order valence-corrected chi connectivity index (χ2v) is 8.80. The van der Waals surface area contributed by atoms with Crippen LogP contribution < -0.4 is 0 Å². The minimum Gasteiger partial charge on any atom is -0.466 e. The van der Waals surface area contributed by atoms with Gasteiger partial charge in [0.25, 0.3) is 0 Å². The van der Waals surface area contributed by atoms with Gasteiger partial charge in [0.15, 0.2) is 12.6 Å². The maximum absolute atomic E-state index is 12.2. The Morgan fingerprint density at radius 3 is 1.59 bits per heavy atom. The Balaban J connectivity index is 2.19. The first-order valence-electron chi connectivity index (χ1n) is 12.5. The number of carbonyl (C=O) groups is 4. The highest BCUT2D eigenvalue weighted by Gasteiger charge is 2.30. The number of aldehydes is 2. The van der Waals surface area contributed by atoms with Crippen LogP contribution in [0, 0.1) is 13.8 Å². The smallest absolute Gasteiger partial charge is 0.306 e. The Bertz CT molecular complexity index is 1180. The summed E-state index contributed by atoms with van der Waals surface area (Å²) in [4.78, 5) is 54.8. The lowest BCUT2D eigenvalue weighted by Gasteiger charge is -2.20. The average Bonchev–Trinajstić information content (AvgIpc) is 3.38. The molecule has 0 amide bonds. The number of carbonyl (C=O) groups excluding carboxylic acids is 4. The zero-order valence-corrected chi connectivity index (χ0v) is 21.8. The predicted octanol–water partition coefficient (Wildman–Crippen LogP) is 4.76. The molecule has 0 radical (unpaired) electrons. The molecule has 0 fully saturated rings. The van der Waals surface area contributed by atoms with E-state index in [0.29, 0.717) is 37.4 Å². The molecule has 3 rings (SSSR count). The average molecular weight is 507 g/mol. The summed E-state index contributed by atoms with van der Waals surface area (Å²) in [6, 6.07) is 9.71. The molecule has 0 unspecified atom stereocenters. The van der Waals surface area contributed by atoms with Gasteiger partial charge in [-0.3, -0.25) is 19.2 Å². The van der Waals surface area contributed by atoms with Gasteiger partial charge >= 0.3 is 11.9 Å². The van der Waals surface area contributed by atoms with Gasteiger partial charge in [-0.2, -0.15) is 0 Å². The molecule has 0 saturated heterocycles. The number of hydrogen-bond acceptors (Lipinski definition) is 6. The third-order valence-corrected chi connectivity index (χ3v) is 6.62. The summed E-state index contributed by atoms with van der Waals surface area (Å²) >= 11 is 0. The first-order chi connectivity index (χ1) is 17.9. The zero-order chi connectivity index (χ0) is 26.9. The molecule has 0 atom stereocenters. The number of H-pyrrole nitrogens is 2. The van der Waals surface area contributed by atoms with Gasteiger partial charge in [-0.05, 0) is 68.4 Å². The molecule has 2 aromatic heterocycles. The van der Waals surface area contributed by atoms with Crippen molar-refractivity contribution >= 4 is 24.5 Å². The van der Waals surface area contributed by atoms with Gasteiger partial charge in [0.05, 0.1) is 30.5 Å². The van der Waals surface area contributed by atoms with Crippen molar-refractivity contribution in [2.75, 3.05) is 13.2 Å². The van der Waals surface area contributed by atoms with Crippen LogP contribution in [0.2, 0.25) is 0 Å². The van der Waals surface area contributed by atoms with Gasteiger partial charge in [0.2, 0.25) is 0 Å². The standard InChI is InChI=1S/C29H34N2O6/c1-5-36-25(34)14-12-21-18(3)23(16-32)30-28(21)27(20-10-8-7-9-11-20)29-22(13-15-26(35)37-6-2)19(4)24(17-33)31-29/h7-11,16-17,27,30-31H,5-6,12-15H2,1-4H3. The molecular formula is C29H34N2O6. The van der Waals surface area contributed by atoms with E-state index >= 15 is 0 Å². The minimum atomic E-state index is -0.407. The van der Waals surface area contributed by atoms with Gasteiger partial charge in [-0.1, -0.05) is 30.3 Å². The van der Waals surface area contributed by atoms with Gasteiger partial charge in [-0.15, -0.1) is 0 Å². The Morgan fingerprint density at radius 1 is 0.784 bits per heavy atom. The summed E-state index contributed by atoms with van der Waals surface area (Å²) in [5.74, 6) is -1.03. The highest BCUT2D eigenvalue weighted by molar-refractivity contribution is 5.78. The summed E-state index contributed by atoms with van der Waals surface area (Å²) < 4.78 is 10.3. The lowest BCUT2D eigenvalue weighted by molar-refractivity contribution is -0.144. The quantitative estimate of drug-likeness (QED) is 0.255. The van der Waals surface area contributed by atoms with Crippen LogP contribution in [0.5, 0.6) is 0 Å². The second-order valence-electron chi connectivity index (χ2n) is 8.80. The third-order valence-electron chi connectivity index (χ3n) is 6.62. The fourth-order valence-electron chi connectivity index (χ4n) is 4.77. The third kappa shape index (κ3) is 6.25. The molecule has 0 aliphatic heterocycles. The van der Waals surface area contributed by atoms with E-state index in [2.05, 4.69) is 9.97 Å². The van der Waals surface area contributed by atoms with Crippen LogP contribution in [0.4, 0.5) is 0 Å². The monoisotopic (exact) mass is 506 g/mol. The predicted molar refractivity (Wildman–Crippen MR) is 139 cm³/mol. The molecule has 8 nitrogen and oxygen atoms in total. The first-order valence-corrected chi connectivity index (χ1v) is 12.5. The van der Waals surface area contributed by atoms with Crippen molar-refractivity contribution < 1.29 is 28.7 Å². The minimum absolute atomic E-state index is 0.165. The van der Waals surface area contributed by atoms with E-state index in [-0.39, 0.29) is 24.8 Å². The maximum atomic E-state index is 12.2. The Hall–Kier alpha value is -3.94. The van der Waals surface area contributed by atoms with E-state index in [0.717, 1.165) is 51.8 Å². The van der Waals surface area contributed by atoms with E-state index in [9.17, 15) is 19.2 Å². The number of aromatic amines is 2. The Morgan fingerprint density at radius 2 is 1.22 bits per heavy atom. The number of aromatic nitrogens is 2. The summed E-state index contributed by atoms with van der Waals surface area (Å²) in [5, 5.41) is 0. The molecular weight excluding hydrogens is 472 g/mol. The van der Waals surface area contributed by atoms with Crippen LogP contribution in [-0.4, -0.2) is 47.7 Å². The lowest BCUT2D eigenvalue weighted by atomic mass is 9.85. The molecule has 1 aromatic carbocycles. The molecule has 8 heteroatoms. The highest BCUT2D eigenvalue weighted by atomic mass is 16.5. The number of esters is 2. The lowest BCUT2D eigenvalue weighted by Crippen LogP contribution is -2.12. The summed E-state index contributed by atoms with van der Waals surface area (Å²) in [7, 11) is 0. The number of rotatable bonds is 13. The molecule has 3 aromatic rings. The van der Waals surface area contributed by atoms with Crippen molar-refractivity contribution in [1.29, 1.82) is 0 Å². The molecule has 0 bridgehead atoms. The number of benzene rings is 1. The van der Waals surface area contributed by atoms with Gasteiger partial charge in [-0.25, -0.2) is 0 Å². The number of ether oxygens (including phenoxy) is 2. The topological polar surface area (TPSA) is 118 Å². The molecule has 0 aliphatic carbocycles. The van der Waals surface area contributed by atoms with Crippen molar-refractivity contribution in [2.45, 2.75) is 59.3 Å². The fraction of sp³-hybridized carbons (Fsp3) is 0.379. The Kier molecular flexibility index (Phi) is 9.60. The number of hydrogen-bond donors (Lipinski definition) is 2. The van der Waals surface area contributed by atoms with Crippen molar-refractivity contribution in [3.63, 3.8) is 0 Å². The van der Waals surface area contributed by atoms with E-state index in [4.69, 9.17) is 9.47 Å². The normalized spacial score (nSPS) is 10.9. The van der Waals surface area contributed by atoms with Crippen molar-refractivity contribution in [1.82, 2.24) is 9.97 Å². The van der Waals surface area contributed by atoms with Gasteiger partial charge in [0.1, 0.15) is 0 Å².